The summed E-state index contributed by atoms with van der Waals surface area (Å²) >= 11 is 0. The van der Waals surface area contributed by atoms with Crippen molar-refractivity contribution in [1.82, 2.24) is 4.90 Å². The Balaban J connectivity index is 4.20. The molecule has 0 aliphatic carbocycles. The van der Waals surface area contributed by atoms with Gasteiger partial charge in [-0.2, -0.15) is 0 Å². The fourth-order valence-electron chi connectivity index (χ4n) is 1.58. The van der Waals surface area contributed by atoms with Crippen molar-refractivity contribution in [2.24, 2.45) is 5.73 Å². The van der Waals surface area contributed by atoms with Gasteiger partial charge in [-0.15, -0.1) is 13.2 Å². The lowest BCUT2D eigenvalue weighted by Crippen LogP contribution is -2.52. The van der Waals surface area contributed by atoms with Gasteiger partial charge in [0.1, 0.15) is 0 Å². The maximum Gasteiger partial charge on any atom is 0.522 e. The maximum absolute atomic E-state index is 11.8. The van der Waals surface area contributed by atoms with Crippen molar-refractivity contribution in [3.8, 4) is 0 Å². The van der Waals surface area contributed by atoms with Crippen molar-refractivity contribution < 1.29 is 17.9 Å². The second-order valence-corrected chi connectivity index (χ2v) is 3.93. The molecule has 0 bridgehead atoms. The van der Waals surface area contributed by atoms with Crippen LogP contribution in [0, 0.1) is 0 Å². The molecule has 98 valence electrons. The largest absolute Gasteiger partial charge is 0.522 e. The van der Waals surface area contributed by atoms with E-state index in [-0.39, 0.29) is 18.7 Å². The summed E-state index contributed by atoms with van der Waals surface area (Å²) in [6.45, 7) is 6.78. The summed E-state index contributed by atoms with van der Waals surface area (Å²) in [5, 5.41) is 0. The number of alkyl halides is 3. The van der Waals surface area contributed by atoms with Crippen LogP contribution in [0.15, 0.2) is 0 Å². The lowest BCUT2D eigenvalue weighted by molar-refractivity contribution is -0.325. The Bertz CT molecular complexity index is 193. The summed E-state index contributed by atoms with van der Waals surface area (Å²) in [5.41, 5.74) is 5.39. The van der Waals surface area contributed by atoms with E-state index in [1.807, 2.05) is 25.7 Å². The second kappa shape index (κ2) is 6.42. The van der Waals surface area contributed by atoms with E-state index in [2.05, 4.69) is 4.74 Å². The van der Waals surface area contributed by atoms with E-state index >= 15 is 0 Å². The van der Waals surface area contributed by atoms with Gasteiger partial charge in [-0.05, 0) is 19.9 Å². The van der Waals surface area contributed by atoms with Gasteiger partial charge < -0.3 is 5.73 Å². The Morgan fingerprint density at radius 1 is 1.25 bits per heavy atom. The molecule has 0 saturated carbocycles. The number of hydrogen-bond donors (Lipinski definition) is 1. The lowest BCUT2D eigenvalue weighted by Gasteiger charge is -2.39. The van der Waals surface area contributed by atoms with Crippen LogP contribution in [0.25, 0.3) is 0 Å². The van der Waals surface area contributed by atoms with E-state index in [4.69, 9.17) is 5.73 Å². The zero-order valence-electron chi connectivity index (χ0n) is 10.1. The standard InChI is InChI=1S/C10H21F3N2O/c1-4-9(3,8-14)15(5-2)6-7-16-10(11,12)13/h4-8,14H2,1-3H3. The monoisotopic (exact) mass is 242 g/mol. The third kappa shape index (κ3) is 5.14. The molecule has 0 aromatic heterocycles. The van der Waals surface area contributed by atoms with Gasteiger partial charge in [-0.3, -0.25) is 9.64 Å². The first-order valence-corrected chi connectivity index (χ1v) is 5.45. The highest BCUT2D eigenvalue weighted by Gasteiger charge is 2.31. The smallest absolute Gasteiger partial charge is 0.329 e. The third-order valence-corrected chi connectivity index (χ3v) is 2.97. The van der Waals surface area contributed by atoms with Gasteiger partial charge in [0.2, 0.25) is 0 Å². The van der Waals surface area contributed by atoms with Gasteiger partial charge in [-0.25, -0.2) is 0 Å². The zero-order chi connectivity index (χ0) is 12.8. The summed E-state index contributed by atoms with van der Waals surface area (Å²) in [4.78, 5) is 1.92. The van der Waals surface area contributed by atoms with E-state index in [0.717, 1.165) is 6.42 Å². The number of rotatable bonds is 7. The zero-order valence-corrected chi connectivity index (χ0v) is 10.1. The summed E-state index contributed by atoms with van der Waals surface area (Å²) in [6, 6.07) is 0. The van der Waals surface area contributed by atoms with Crippen LogP contribution < -0.4 is 5.73 Å². The van der Waals surface area contributed by atoms with E-state index < -0.39 is 6.36 Å². The fourth-order valence-corrected chi connectivity index (χ4v) is 1.58. The topological polar surface area (TPSA) is 38.5 Å². The van der Waals surface area contributed by atoms with Crippen LogP contribution in [0.2, 0.25) is 0 Å². The SMILES string of the molecule is CCN(CCOC(F)(F)F)C(C)(CC)CN. The minimum absolute atomic E-state index is 0.234. The van der Waals surface area contributed by atoms with Gasteiger partial charge in [-0.1, -0.05) is 13.8 Å². The molecule has 0 spiro atoms. The van der Waals surface area contributed by atoms with Crippen molar-refractivity contribution in [3.63, 3.8) is 0 Å². The van der Waals surface area contributed by atoms with Crippen molar-refractivity contribution in [1.29, 1.82) is 0 Å². The number of ether oxygens (including phenoxy) is 1. The molecular weight excluding hydrogens is 221 g/mol. The molecule has 0 aromatic carbocycles. The highest BCUT2D eigenvalue weighted by Crippen LogP contribution is 2.19. The van der Waals surface area contributed by atoms with Crippen LogP contribution in [-0.4, -0.2) is 43.0 Å². The predicted molar refractivity (Wildman–Crippen MR) is 57.0 cm³/mol. The first-order chi connectivity index (χ1) is 7.29. The Hall–Kier alpha value is -0.330. The van der Waals surface area contributed by atoms with Crippen molar-refractivity contribution in [3.05, 3.63) is 0 Å². The molecule has 0 aliphatic rings. The fraction of sp³-hybridized carbons (Fsp3) is 1.00. The minimum Gasteiger partial charge on any atom is -0.329 e. The summed E-state index contributed by atoms with van der Waals surface area (Å²) in [7, 11) is 0. The lowest BCUT2D eigenvalue weighted by atomic mass is 9.96. The minimum atomic E-state index is -4.55. The first kappa shape index (κ1) is 15.7. The molecule has 0 fully saturated rings. The Kier molecular flexibility index (Phi) is 6.28. The molecule has 6 heteroatoms. The molecule has 2 N–H and O–H groups in total. The molecule has 0 radical (unpaired) electrons. The molecule has 3 nitrogen and oxygen atoms in total. The molecular formula is C10H21F3N2O. The normalized spacial score (nSPS) is 16.5. The molecule has 0 aromatic rings. The van der Waals surface area contributed by atoms with Crippen molar-refractivity contribution >= 4 is 0 Å². The average Bonchev–Trinajstić information content (AvgIpc) is 2.22. The third-order valence-electron chi connectivity index (χ3n) is 2.97. The van der Waals surface area contributed by atoms with Gasteiger partial charge in [0.25, 0.3) is 0 Å². The number of likely N-dealkylation sites (N-methyl/N-ethyl adjacent to an activating group) is 1. The van der Waals surface area contributed by atoms with Crippen molar-refractivity contribution in [2.75, 3.05) is 26.2 Å². The van der Waals surface area contributed by atoms with E-state index in [9.17, 15) is 13.2 Å². The molecule has 0 amide bonds. The average molecular weight is 242 g/mol. The molecule has 0 saturated heterocycles. The number of hydrogen-bond acceptors (Lipinski definition) is 3. The van der Waals surface area contributed by atoms with Gasteiger partial charge in [0.05, 0.1) is 6.61 Å². The molecule has 1 unspecified atom stereocenters. The molecule has 0 aliphatic heterocycles. The molecule has 16 heavy (non-hydrogen) atoms. The number of halogens is 3. The van der Waals surface area contributed by atoms with Gasteiger partial charge in [0, 0.05) is 18.6 Å². The van der Waals surface area contributed by atoms with Crippen LogP contribution in [0.1, 0.15) is 27.2 Å². The van der Waals surface area contributed by atoms with Gasteiger partial charge >= 0.3 is 6.36 Å². The number of nitrogens with two attached hydrogens (primary N) is 1. The van der Waals surface area contributed by atoms with E-state index in [1.165, 1.54) is 0 Å². The Morgan fingerprint density at radius 2 is 1.81 bits per heavy atom. The van der Waals surface area contributed by atoms with Gasteiger partial charge in [0.15, 0.2) is 0 Å². The number of nitrogens with zero attached hydrogens (tertiary/aromatic N) is 1. The second-order valence-electron chi connectivity index (χ2n) is 3.93. The Labute approximate surface area is 94.7 Å². The van der Waals surface area contributed by atoms with Crippen LogP contribution in [0.4, 0.5) is 13.2 Å². The maximum atomic E-state index is 11.8. The summed E-state index contributed by atoms with van der Waals surface area (Å²) < 4.78 is 39.2. The first-order valence-electron chi connectivity index (χ1n) is 5.45. The van der Waals surface area contributed by atoms with Crippen LogP contribution >= 0.6 is 0 Å². The highest BCUT2D eigenvalue weighted by atomic mass is 19.4. The Morgan fingerprint density at radius 3 is 2.12 bits per heavy atom. The van der Waals surface area contributed by atoms with Crippen LogP contribution in [-0.2, 0) is 4.74 Å². The molecule has 0 heterocycles. The predicted octanol–water partition coefficient (Wildman–Crippen LogP) is 1.97. The summed E-state index contributed by atoms with van der Waals surface area (Å²) in [5.74, 6) is 0. The van der Waals surface area contributed by atoms with Crippen LogP contribution in [0.3, 0.4) is 0 Å². The quantitative estimate of drug-likeness (QED) is 0.741. The van der Waals surface area contributed by atoms with E-state index in [1.54, 1.807) is 0 Å². The summed E-state index contributed by atoms with van der Waals surface area (Å²) in [6.07, 6.45) is -3.76. The molecule has 0 rings (SSSR count). The van der Waals surface area contributed by atoms with E-state index in [0.29, 0.717) is 13.1 Å². The highest BCUT2D eigenvalue weighted by molar-refractivity contribution is 4.85. The van der Waals surface area contributed by atoms with Crippen molar-refractivity contribution in [2.45, 2.75) is 39.1 Å². The van der Waals surface area contributed by atoms with Crippen LogP contribution in [0.5, 0.6) is 0 Å². The molecule has 1 atom stereocenters.